The SMILES string of the molecule is CC1c2cccn2CCN1CCC(=O)Nc1c(Cl)cccc1Cl. The summed E-state index contributed by atoms with van der Waals surface area (Å²) in [7, 11) is 0. The molecule has 1 aliphatic rings. The molecule has 1 unspecified atom stereocenters. The van der Waals surface area contributed by atoms with Crippen LogP contribution in [0.15, 0.2) is 36.5 Å². The molecule has 1 N–H and O–H groups in total. The summed E-state index contributed by atoms with van der Waals surface area (Å²) in [5.41, 5.74) is 1.78. The van der Waals surface area contributed by atoms with Gasteiger partial charge in [-0.3, -0.25) is 9.69 Å². The van der Waals surface area contributed by atoms with Gasteiger partial charge in [0.05, 0.1) is 15.7 Å². The van der Waals surface area contributed by atoms with Crippen molar-refractivity contribution in [3.8, 4) is 0 Å². The zero-order valence-electron chi connectivity index (χ0n) is 12.9. The molecule has 1 amide bonds. The largest absolute Gasteiger partial charge is 0.349 e. The lowest BCUT2D eigenvalue weighted by molar-refractivity contribution is -0.116. The maximum Gasteiger partial charge on any atom is 0.225 e. The van der Waals surface area contributed by atoms with Crippen LogP contribution in [-0.4, -0.2) is 28.5 Å². The molecular weight excluding hydrogens is 333 g/mol. The van der Waals surface area contributed by atoms with Crippen LogP contribution in [-0.2, 0) is 11.3 Å². The van der Waals surface area contributed by atoms with Crippen LogP contribution in [0.25, 0.3) is 0 Å². The van der Waals surface area contributed by atoms with Gasteiger partial charge in [0.2, 0.25) is 5.91 Å². The van der Waals surface area contributed by atoms with E-state index in [1.54, 1.807) is 18.2 Å². The lowest BCUT2D eigenvalue weighted by atomic mass is 10.1. The van der Waals surface area contributed by atoms with Crippen molar-refractivity contribution in [2.75, 3.05) is 18.4 Å². The Hall–Kier alpha value is -1.49. The van der Waals surface area contributed by atoms with E-state index in [2.05, 4.69) is 40.0 Å². The Balaban J connectivity index is 1.58. The fourth-order valence-corrected chi connectivity index (χ4v) is 3.49. The van der Waals surface area contributed by atoms with Crippen molar-refractivity contribution in [1.29, 1.82) is 0 Å². The molecular formula is C17H19Cl2N3O. The van der Waals surface area contributed by atoms with Crippen LogP contribution in [0.4, 0.5) is 5.69 Å². The van der Waals surface area contributed by atoms with Crippen LogP contribution in [0.3, 0.4) is 0 Å². The highest BCUT2D eigenvalue weighted by molar-refractivity contribution is 6.39. The first-order valence-electron chi connectivity index (χ1n) is 7.69. The van der Waals surface area contributed by atoms with Gasteiger partial charge in [-0.1, -0.05) is 29.3 Å². The topological polar surface area (TPSA) is 37.3 Å². The smallest absolute Gasteiger partial charge is 0.225 e. The van der Waals surface area contributed by atoms with Gasteiger partial charge in [-0.05, 0) is 31.2 Å². The van der Waals surface area contributed by atoms with Crippen LogP contribution in [0, 0.1) is 0 Å². The summed E-state index contributed by atoms with van der Waals surface area (Å²) in [5, 5.41) is 3.72. The van der Waals surface area contributed by atoms with Crippen molar-refractivity contribution in [2.24, 2.45) is 0 Å². The van der Waals surface area contributed by atoms with Crippen LogP contribution >= 0.6 is 23.2 Å². The number of hydrogen-bond donors (Lipinski definition) is 1. The lowest BCUT2D eigenvalue weighted by Crippen LogP contribution is -2.38. The number of amides is 1. The Labute approximate surface area is 146 Å². The molecule has 122 valence electrons. The maximum absolute atomic E-state index is 12.2. The summed E-state index contributed by atoms with van der Waals surface area (Å²) in [6.45, 7) is 4.79. The van der Waals surface area contributed by atoms with Gasteiger partial charge in [-0.15, -0.1) is 0 Å². The molecule has 1 aromatic heterocycles. The number of para-hydroxylation sites is 1. The second-order valence-corrected chi connectivity index (χ2v) is 6.55. The summed E-state index contributed by atoms with van der Waals surface area (Å²) in [6, 6.07) is 9.70. The van der Waals surface area contributed by atoms with E-state index in [-0.39, 0.29) is 5.91 Å². The number of carbonyl (C=O) groups excluding carboxylic acids is 1. The van der Waals surface area contributed by atoms with E-state index in [1.807, 2.05) is 0 Å². The number of anilines is 1. The molecule has 2 heterocycles. The quantitative estimate of drug-likeness (QED) is 0.896. The van der Waals surface area contributed by atoms with Crippen molar-refractivity contribution < 1.29 is 4.79 Å². The van der Waals surface area contributed by atoms with E-state index in [1.165, 1.54) is 5.69 Å². The predicted molar refractivity (Wildman–Crippen MR) is 94.1 cm³/mol. The van der Waals surface area contributed by atoms with Crippen LogP contribution in [0.1, 0.15) is 25.1 Å². The van der Waals surface area contributed by atoms with Crippen molar-refractivity contribution in [3.05, 3.63) is 52.3 Å². The van der Waals surface area contributed by atoms with Gasteiger partial charge in [-0.2, -0.15) is 0 Å². The van der Waals surface area contributed by atoms with Crippen molar-refractivity contribution in [1.82, 2.24) is 9.47 Å². The number of carbonyl (C=O) groups is 1. The Kier molecular flexibility index (Phi) is 4.95. The van der Waals surface area contributed by atoms with Gasteiger partial charge in [0, 0.05) is 44.0 Å². The average molecular weight is 352 g/mol. The van der Waals surface area contributed by atoms with Crippen LogP contribution in [0.2, 0.25) is 10.0 Å². The molecule has 0 bridgehead atoms. The molecule has 0 saturated heterocycles. The van der Waals surface area contributed by atoms with Gasteiger partial charge in [-0.25, -0.2) is 0 Å². The molecule has 3 rings (SSSR count). The van der Waals surface area contributed by atoms with E-state index in [0.717, 1.165) is 13.1 Å². The standard InChI is InChI=1S/C17H19Cl2N3O/c1-12-15-6-3-8-22(15)11-10-21(12)9-7-16(23)20-17-13(18)4-2-5-14(17)19/h2-6,8,12H,7,9-11H2,1H3,(H,20,23). The maximum atomic E-state index is 12.2. The first-order chi connectivity index (χ1) is 11.1. The molecule has 1 aromatic carbocycles. The molecule has 23 heavy (non-hydrogen) atoms. The molecule has 0 spiro atoms. The number of nitrogens with zero attached hydrogens (tertiary/aromatic N) is 2. The second kappa shape index (κ2) is 6.95. The number of nitrogens with one attached hydrogen (secondary N) is 1. The summed E-state index contributed by atoms with van der Waals surface area (Å²) in [5.74, 6) is -0.0758. The third-order valence-corrected chi connectivity index (χ3v) is 4.95. The second-order valence-electron chi connectivity index (χ2n) is 5.73. The zero-order chi connectivity index (χ0) is 16.4. The molecule has 1 aliphatic heterocycles. The third kappa shape index (κ3) is 3.55. The Bertz CT molecular complexity index is 693. The van der Waals surface area contributed by atoms with Crippen molar-refractivity contribution in [2.45, 2.75) is 25.9 Å². The highest BCUT2D eigenvalue weighted by atomic mass is 35.5. The number of halogens is 2. The highest BCUT2D eigenvalue weighted by Crippen LogP contribution is 2.30. The number of hydrogen-bond acceptors (Lipinski definition) is 2. The molecule has 2 aromatic rings. The fraction of sp³-hybridized carbons (Fsp3) is 0.353. The van der Waals surface area contributed by atoms with Gasteiger partial charge >= 0.3 is 0 Å². The highest BCUT2D eigenvalue weighted by Gasteiger charge is 2.23. The van der Waals surface area contributed by atoms with Gasteiger partial charge in [0.15, 0.2) is 0 Å². The zero-order valence-corrected chi connectivity index (χ0v) is 14.4. The molecule has 0 saturated carbocycles. The fourth-order valence-electron chi connectivity index (χ4n) is 3.00. The summed E-state index contributed by atoms with van der Waals surface area (Å²) in [6.07, 6.45) is 2.52. The Morgan fingerprint density at radius 1 is 1.22 bits per heavy atom. The Morgan fingerprint density at radius 3 is 2.70 bits per heavy atom. The van der Waals surface area contributed by atoms with Crippen LogP contribution in [0.5, 0.6) is 0 Å². The minimum atomic E-state index is -0.0758. The normalized spacial score (nSPS) is 17.8. The minimum absolute atomic E-state index is 0.0758. The average Bonchev–Trinajstić information content (AvgIpc) is 3.00. The van der Waals surface area contributed by atoms with E-state index in [0.29, 0.717) is 34.7 Å². The molecule has 6 heteroatoms. The summed E-state index contributed by atoms with van der Waals surface area (Å²) < 4.78 is 2.27. The monoisotopic (exact) mass is 351 g/mol. The molecule has 0 radical (unpaired) electrons. The summed E-state index contributed by atoms with van der Waals surface area (Å²) in [4.78, 5) is 14.5. The van der Waals surface area contributed by atoms with E-state index in [9.17, 15) is 4.79 Å². The third-order valence-electron chi connectivity index (χ3n) is 4.32. The number of rotatable bonds is 4. The van der Waals surface area contributed by atoms with Crippen molar-refractivity contribution in [3.63, 3.8) is 0 Å². The number of aromatic nitrogens is 1. The minimum Gasteiger partial charge on any atom is -0.349 e. The molecule has 0 aliphatic carbocycles. The predicted octanol–water partition coefficient (Wildman–Crippen LogP) is 4.20. The molecule has 1 atom stereocenters. The molecule has 4 nitrogen and oxygen atoms in total. The first-order valence-corrected chi connectivity index (χ1v) is 8.45. The lowest BCUT2D eigenvalue weighted by Gasteiger charge is -2.34. The van der Waals surface area contributed by atoms with E-state index >= 15 is 0 Å². The van der Waals surface area contributed by atoms with Gasteiger partial charge in [0.1, 0.15) is 0 Å². The van der Waals surface area contributed by atoms with E-state index in [4.69, 9.17) is 23.2 Å². The first kappa shape index (κ1) is 16.4. The van der Waals surface area contributed by atoms with E-state index < -0.39 is 0 Å². The van der Waals surface area contributed by atoms with Crippen molar-refractivity contribution >= 4 is 34.8 Å². The Morgan fingerprint density at radius 2 is 1.96 bits per heavy atom. The number of benzene rings is 1. The van der Waals surface area contributed by atoms with Gasteiger partial charge in [0.25, 0.3) is 0 Å². The summed E-state index contributed by atoms with van der Waals surface area (Å²) >= 11 is 12.2. The van der Waals surface area contributed by atoms with Gasteiger partial charge < -0.3 is 9.88 Å². The van der Waals surface area contributed by atoms with Crippen LogP contribution < -0.4 is 5.32 Å². The molecule has 0 fully saturated rings. The number of fused-ring (bicyclic) bond motifs is 1.